The second-order valence-corrected chi connectivity index (χ2v) is 5.08. The molecule has 7 heteroatoms. The lowest BCUT2D eigenvalue weighted by Crippen LogP contribution is -2.02. The van der Waals surface area contributed by atoms with Gasteiger partial charge in [-0.15, -0.1) is 0 Å². The van der Waals surface area contributed by atoms with Crippen LogP contribution in [0, 0.1) is 0 Å². The number of hydrogen-bond donors (Lipinski definition) is 1. The summed E-state index contributed by atoms with van der Waals surface area (Å²) in [4.78, 5) is 8.71. The summed E-state index contributed by atoms with van der Waals surface area (Å²) in [7, 11) is 4.76. The maximum Gasteiger partial charge on any atom is 0.163 e. The number of ether oxygens (including phenoxy) is 3. The molecule has 21 heavy (non-hydrogen) atoms. The Kier molecular flexibility index (Phi) is 4.98. The highest BCUT2D eigenvalue weighted by atomic mass is 79.9. The van der Waals surface area contributed by atoms with Crippen molar-refractivity contribution in [2.24, 2.45) is 0 Å². The fraction of sp³-hybridized carbons (Fsp3) is 0.286. The van der Waals surface area contributed by atoms with Gasteiger partial charge in [0.1, 0.15) is 5.82 Å². The second kappa shape index (κ2) is 6.73. The molecule has 0 aliphatic carbocycles. The Morgan fingerprint density at radius 2 is 1.71 bits per heavy atom. The molecule has 0 aliphatic heterocycles. The molecule has 2 N–H and O–H groups in total. The number of aromatic nitrogens is 2. The van der Waals surface area contributed by atoms with E-state index in [1.54, 1.807) is 39.5 Å². The lowest BCUT2D eigenvalue weighted by Gasteiger charge is -2.12. The van der Waals surface area contributed by atoms with Gasteiger partial charge in [-0.1, -0.05) is 0 Å². The zero-order valence-corrected chi connectivity index (χ0v) is 13.6. The molecule has 6 nitrogen and oxygen atoms in total. The van der Waals surface area contributed by atoms with Crippen LogP contribution in [0.4, 0.5) is 5.82 Å². The first kappa shape index (κ1) is 15.5. The fourth-order valence-corrected chi connectivity index (χ4v) is 2.39. The molecule has 0 saturated carbocycles. The van der Waals surface area contributed by atoms with Crippen molar-refractivity contribution in [3.8, 4) is 22.9 Å². The van der Waals surface area contributed by atoms with Gasteiger partial charge in [-0.25, -0.2) is 9.97 Å². The van der Waals surface area contributed by atoms with Crippen molar-refractivity contribution in [3.63, 3.8) is 0 Å². The summed E-state index contributed by atoms with van der Waals surface area (Å²) < 4.78 is 16.4. The van der Waals surface area contributed by atoms with Crippen LogP contribution in [0.5, 0.6) is 11.5 Å². The van der Waals surface area contributed by atoms with E-state index in [9.17, 15) is 0 Å². The van der Waals surface area contributed by atoms with Gasteiger partial charge in [-0.3, -0.25) is 0 Å². The topological polar surface area (TPSA) is 79.5 Å². The fourth-order valence-electron chi connectivity index (χ4n) is 1.89. The lowest BCUT2D eigenvalue weighted by atomic mass is 10.2. The van der Waals surface area contributed by atoms with E-state index < -0.39 is 0 Å². The van der Waals surface area contributed by atoms with Gasteiger partial charge >= 0.3 is 0 Å². The third-order valence-electron chi connectivity index (χ3n) is 2.81. The Morgan fingerprint density at radius 1 is 1.05 bits per heavy atom. The molecule has 2 aromatic rings. The van der Waals surface area contributed by atoms with E-state index in [4.69, 9.17) is 19.9 Å². The molecule has 0 fully saturated rings. The van der Waals surface area contributed by atoms with Gasteiger partial charge in [0.15, 0.2) is 17.3 Å². The highest BCUT2D eigenvalue weighted by Crippen LogP contribution is 2.37. The van der Waals surface area contributed by atoms with Crippen molar-refractivity contribution in [3.05, 3.63) is 28.4 Å². The predicted octanol–water partition coefficient (Wildman–Crippen LogP) is 2.65. The molecule has 0 aliphatic rings. The van der Waals surface area contributed by atoms with Crippen LogP contribution in [0.3, 0.4) is 0 Å². The number of nitrogens with zero attached hydrogens (tertiary/aromatic N) is 2. The van der Waals surface area contributed by atoms with Gasteiger partial charge in [-0.05, 0) is 28.1 Å². The normalized spacial score (nSPS) is 10.5. The van der Waals surface area contributed by atoms with E-state index in [2.05, 4.69) is 25.9 Å². The molecule has 0 bridgehead atoms. The van der Waals surface area contributed by atoms with Crippen LogP contribution in [0.15, 0.2) is 22.7 Å². The van der Waals surface area contributed by atoms with Crippen LogP contribution in [-0.2, 0) is 11.3 Å². The van der Waals surface area contributed by atoms with Crippen molar-refractivity contribution in [1.82, 2.24) is 9.97 Å². The molecule has 1 aromatic carbocycles. The van der Waals surface area contributed by atoms with Crippen molar-refractivity contribution >= 4 is 21.7 Å². The number of benzene rings is 1. The zero-order valence-electron chi connectivity index (χ0n) is 12.0. The van der Waals surface area contributed by atoms with Crippen LogP contribution in [-0.4, -0.2) is 31.3 Å². The van der Waals surface area contributed by atoms with Crippen LogP contribution in [0.1, 0.15) is 5.69 Å². The zero-order chi connectivity index (χ0) is 15.4. The number of anilines is 1. The Morgan fingerprint density at radius 3 is 2.33 bits per heavy atom. The Hall–Kier alpha value is -1.86. The summed E-state index contributed by atoms with van der Waals surface area (Å²) in [5.41, 5.74) is 7.30. The first-order valence-electron chi connectivity index (χ1n) is 6.13. The SMILES string of the molecule is COCc1cc(N)nc(-c2cc(OC)c(OC)cc2Br)n1. The highest BCUT2D eigenvalue weighted by Gasteiger charge is 2.14. The molecule has 1 heterocycles. The molecule has 1 aromatic heterocycles. The third kappa shape index (κ3) is 3.43. The third-order valence-corrected chi connectivity index (χ3v) is 3.46. The predicted molar refractivity (Wildman–Crippen MR) is 83.4 cm³/mol. The first-order valence-corrected chi connectivity index (χ1v) is 6.92. The number of halogens is 1. The van der Waals surface area contributed by atoms with E-state index in [1.807, 2.05) is 0 Å². The minimum atomic E-state index is 0.366. The van der Waals surface area contributed by atoms with Crippen molar-refractivity contribution < 1.29 is 14.2 Å². The van der Waals surface area contributed by atoms with Gasteiger partial charge in [0, 0.05) is 23.2 Å². The van der Waals surface area contributed by atoms with Crippen LogP contribution < -0.4 is 15.2 Å². The molecular weight excluding hydrogens is 338 g/mol. The summed E-state index contributed by atoms with van der Waals surface area (Å²) in [5.74, 6) is 2.09. The summed E-state index contributed by atoms with van der Waals surface area (Å²) >= 11 is 3.49. The van der Waals surface area contributed by atoms with E-state index in [0.717, 1.165) is 10.0 Å². The monoisotopic (exact) mass is 353 g/mol. The maximum absolute atomic E-state index is 5.83. The largest absolute Gasteiger partial charge is 0.493 e. The average Bonchev–Trinajstić information content (AvgIpc) is 2.46. The Bertz CT molecular complexity index is 650. The van der Waals surface area contributed by atoms with Gasteiger partial charge in [0.2, 0.25) is 0 Å². The van der Waals surface area contributed by atoms with E-state index in [0.29, 0.717) is 35.4 Å². The number of hydrogen-bond acceptors (Lipinski definition) is 6. The summed E-state index contributed by atoms with van der Waals surface area (Å²) in [5, 5.41) is 0. The van der Waals surface area contributed by atoms with Crippen molar-refractivity contribution in [2.45, 2.75) is 6.61 Å². The quantitative estimate of drug-likeness (QED) is 0.889. The van der Waals surface area contributed by atoms with Crippen LogP contribution in [0.2, 0.25) is 0 Å². The van der Waals surface area contributed by atoms with Gasteiger partial charge in [-0.2, -0.15) is 0 Å². The Balaban J connectivity index is 2.55. The Labute approximate surface area is 131 Å². The molecular formula is C14H16BrN3O3. The molecule has 0 amide bonds. The minimum Gasteiger partial charge on any atom is -0.493 e. The number of rotatable bonds is 5. The molecule has 0 saturated heterocycles. The highest BCUT2D eigenvalue weighted by molar-refractivity contribution is 9.10. The molecule has 0 spiro atoms. The smallest absolute Gasteiger partial charge is 0.163 e. The minimum absolute atomic E-state index is 0.366. The standard InChI is InChI=1S/C14H16BrN3O3/c1-19-7-8-4-13(16)18-14(17-8)9-5-11(20-2)12(21-3)6-10(9)15/h4-6H,7H2,1-3H3,(H2,16,17,18). The number of nitrogens with two attached hydrogens (primary N) is 1. The summed E-state index contributed by atoms with van der Waals surface area (Å²) in [6.07, 6.45) is 0. The van der Waals surface area contributed by atoms with E-state index >= 15 is 0 Å². The first-order chi connectivity index (χ1) is 10.1. The van der Waals surface area contributed by atoms with Gasteiger partial charge < -0.3 is 19.9 Å². The lowest BCUT2D eigenvalue weighted by molar-refractivity contribution is 0.181. The molecule has 0 atom stereocenters. The summed E-state index contributed by atoms with van der Waals surface area (Å²) in [6.45, 7) is 0.366. The van der Waals surface area contributed by atoms with Gasteiger partial charge in [0.25, 0.3) is 0 Å². The number of nitrogen functional groups attached to an aromatic ring is 1. The van der Waals surface area contributed by atoms with Crippen LogP contribution in [0.25, 0.3) is 11.4 Å². The molecule has 0 unspecified atom stereocenters. The average molecular weight is 354 g/mol. The van der Waals surface area contributed by atoms with E-state index in [1.165, 1.54) is 0 Å². The van der Waals surface area contributed by atoms with Crippen LogP contribution >= 0.6 is 15.9 Å². The van der Waals surface area contributed by atoms with Crippen molar-refractivity contribution in [1.29, 1.82) is 0 Å². The second-order valence-electron chi connectivity index (χ2n) is 4.23. The molecule has 2 rings (SSSR count). The molecule has 112 valence electrons. The van der Waals surface area contributed by atoms with Gasteiger partial charge in [0.05, 0.1) is 26.5 Å². The maximum atomic E-state index is 5.83. The van der Waals surface area contributed by atoms with E-state index in [-0.39, 0.29) is 0 Å². The number of methoxy groups -OCH3 is 3. The molecule has 0 radical (unpaired) electrons. The summed E-state index contributed by atoms with van der Waals surface area (Å²) in [6, 6.07) is 5.28. The van der Waals surface area contributed by atoms with Crippen molar-refractivity contribution in [2.75, 3.05) is 27.1 Å².